The van der Waals surface area contributed by atoms with E-state index in [1.54, 1.807) is 0 Å². The number of likely N-dealkylation sites (tertiary alicyclic amines) is 1. The Hall–Kier alpha value is -0.0800. The summed E-state index contributed by atoms with van der Waals surface area (Å²) in [7, 11) is 0. The molecule has 0 radical (unpaired) electrons. The molecule has 1 saturated carbocycles. The minimum absolute atomic E-state index is 0.103. The lowest BCUT2D eigenvalue weighted by molar-refractivity contribution is 0.0141. The van der Waals surface area contributed by atoms with Crippen molar-refractivity contribution in [3.8, 4) is 0 Å². The van der Waals surface area contributed by atoms with Gasteiger partial charge in [0.2, 0.25) is 0 Å². The molecule has 2 rings (SSSR count). The summed E-state index contributed by atoms with van der Waals surface area (Å²) in [5.74, 6) is 0.976. The first kappa shape index (κ1) is 14.3. The average Bonchev–Trinajstić information content (AvgIpc) is 2.27. The van der Waals surface area contributed by atoms with Crippen molar-refractivity contribution in [1.29, 1.82) is 0 Å². The second kappa shape index (κ2) is 5.13. The molecule has 1 aliphatic carbocycles. The largest absolute Gasteiger partial charge is 0.325 e. The highest BCUT2D eigenvalue weighted by Crippen LogP contribution is 2.38. The van der Waals surface area contributed by atoms with E-state index in [2.05, 4.69) is 32.6 Å². The summed E-state index contributed by atoms with van der Waals surface area (Å²) in [6.45, 7) is 11.5. The molecule has 18 heavy (non-hydrogen) atoms. The molecule has 2 heteroatoms. The van der Waals surface area contributed by atoms with E-state index >= 15 is 0 Å². The molecule has 2 nitrogen and oxygen atoms in total. The smallest absolute Gasteiger partial charge is 0.0161 e. The summed E-state index contributed by atoms with van der Waals surface area (Å²) >= 11 is 0. The highest BCUT2D eigenvalue weighted by atomic mass is 15.2. The molecule has 0 aromatic heterocycles. The van der Waals surface area contributed by atoms with Gasteiger partial charge in [-0.3, -0.25) is 4.90 Å². The van der Waals surface area contributed by atoms with Gasteiger partial charge >= 0.3 is 0 Å². The third kappa shape index (κ3) is 2.91. The monoisotopic (exact) mass is 252 g/mol. The first-order valence-corrected chi connectivity index (χ1v) is 7.84. The fourth-order valence-corrected chi connectivity index (χ4v) is 3.64. The zero-order valence-electron chi connectivity index (χ0n) is 12.8. The van der Waals surface area contributed by atoms with E-state index in [1.165, 1.54) is 45.1 Å². The summed E-state index contributed by atoms with van der Waals surface area (Å²) in [4.78, 5) is 2.77. The lowest BCUT2D eigenvalue weighted by atomic mass is 9.72. The summed E-state index contributed by atoms with van der Waals surface area (Å²) in [5.41, 5.74) is 6.46. The van der Waals surface area contributed by atoms with E-state index in [1.807, 2.05) is 0 Å². The van der Waals surface area contributed by atoms with Gasteiger partial charge in [0, 0.05) is 18.1 Å². The number of hydrogen-bond acceptors (Lipinski definition) is 2. The zero-order valence-corrected chi connectivity index (χ0v) is 12.8. The molecule has 0 aromatic rings. The summed E-state index contributed by atoms with van der Waals surface area (Å²) < 4.78 is 0. The Morgan fingerprint density at radius 3 is 2.28 bits per heavy atom. The molecule has 1 saturated heterocycles. The first-order chi connectivity index (χ1) is 8.31. The molecule has 2 fully saturated rings. The minimum Gasteiger partial charge on any atom is -0.325 e. The van der Waals surface area contributed by atoms with Crippen LogP contribution in [0.5, 0.6) is 0 Å². The Labute approximate surface area is 113 Å². The Morgan fingerprint density at radius 2 is 1.61 bits per heavy atom. The van der Waals surface area contributed by atoms with Gasteiger partial charge in [0.1, 0.15) is 0 Å². The van der Waals surface area contributed by atoms with Crippen LogP contribution in [0.4, 0.5) is 0 Å². The van der Waals surface area contributed by atoms with Crippen LogP contribution in [0.1, 0.15) is 66.2 Å². The molecule has 2 unspecified atom stereocenters. The van der Waals surface area contributed by atoms with Crippen molar-refractivity contribution in [1.82, 2.24) is 4.90 Å². The molecular weight excluding hydrogens is 220 g/mol. The maximum absolute atomic E-state index is 6.37. The van der Waals surface area contributed by atoms with Crippen molar-refractivity contribution < 1.29 is 0 Å². The van der Waals surface area contributed by atoms with E-state index in [9.17, 15) is 0 Å². The van der Waals surface area contributed by atoms with Crippen molar-refractivity contribution in [3.63, 3.8) is 0 Å². The van der Waals surface area contributed by atoms with Crippen LogP contribution in [0, 0.1) is 11.3 Å². The minimum atomic E-state index is -0.103. The second-order valence-electron chi connectivity index (χ2n) is 7.83. The lowest BCUT2D eigenvalue weighted by Crippen LogP contribution is -2.57. The van der Waals surface area contributed by atoms with Crippen LogP contribution in [0.2, 0.25) is 0 Å². The SMILES string of the molecule is CC(C)(N)C(C)(C)CN1CCCC2CCCCC21. The average molecular weight is 252 g/mol. The lowest BCUT2D eigenvalue weighted by Gasteiger charge is -2.49. The standard InChI is InChI=1S/C16H32N2/c1-15(2,16(3,4)17)12-18-11-7-9-13-8-5-6-10-14(13)18/h13-14H,5-12,17H2,1-4H3. The van der Waals surface area contributed by atoms with Crippen molar-refractivity contribution in [3.05, 3.63) is 0 Å². The van der Waals surface area contributed by atoms with Crippen molar-refractivity contribution in [2.24, 2.45) is 17.1 Å². The third-order valence-corrected chi connectivity index (χ3v) is 5.70. The number of piperidine rings is 1. The molecule has 1 aliphatic heterocycles. The van der Waals surface area contributed by atoms with Crippen molar-refractivity contribution >= 4 is 0 Å². The fraction of sp³-hybridized carbons (Fsp3) is 1.00. The normalized spacial score (nSPS) is 31.2. The maximum Gasteiger partial charge on any atom is 0.0161 e. The van der Waals surface area contributed by atoms with Gasteiger partial charge in [-0.2, -0.15) is 0 Å². The third-order valence-electron chi connectivity index (χ3n) is 5.70. The second-order valence-corrected chi connectivity index (χ2v) is 7.83. The molecule has 2 N–H and O–H groups in total. The van der Waals surface area contributed by atoms with Crippen molar-refractivity contribution in [2.45, 2.75) is 77.8 Å². The Morgan fingerprint density at radius 1 is 1.00 bits per heavy atom. The number of fused-ring (bicyclic) bond motifs is 1. The molecule has 0 bridgehead atoms. The van der Waals surface area contributed by atoms with Crippen LogP contribution < -0.4 is 5.73 Å². The zero-order chi connectivity index (χ0) is 13.4. The number of rotatable bonds is 3. The van der Waals surface area contributed by atoms with E-state index in [0.717, 1.165) is 18.5 Å². The molecule has 2 aliphatic rings. The van der Waals surface area contributed by atoms with Gasteiger partial charge in [-0.1, -0.05) is 26.7 Å². The van der Waals surface area contributed by atoms with Crippen LogP contribution in [-0.4, -0.2) is 29.6 Å². The van der Waals surface area contributed by atoms with E-state index in [0.29, 0.717) is 0 Å². The van der Waals surface area contributed by atoms with Gasteiger partial charge in [-0.25, -0.2) is 0 Å². The van der Waals surface area contributed by atoms with Gasteiger partial charge < -0.3 is 5.73 Å². The molecular formula is C16H32N2. The highest BCUT2D eigenvalue weighted by Gasteiger charge is 2.40. The molecule has 0 spiro atoms. The number of nitrogens with two attached hydrogens (primary N) is 1. The highest BCUT2D eigenvalue weighted by molar-refractivity contribution is 4.96. The predicted molar refractivity (Wildman–Crippen MR) is 78.6 cm³/mol. The molecule has 106 valence electrons. The molecule has 0 aromatic carbocycles. The van der Waals surface area contributed by atoms with Crippen LogP contribution >= 0.6 is 0 Å². The van der Waals surface area contributed by atoms with Gasteiger partial charge in [-0.05, 0) is 57.4 Å². The van der Waals surface area contributed by atoms with E-state index in [4.69, 9.17) is 5.73 Å². The van der Waals surface area contributed by atoms with Gasteiger partial charge in [0.15, 0.2) is 0 Å². The molecule has 0 amide bonds. The van der Waals surface area contributed by atoms with E-state index in [-0.39, 0.29) is 11.0 Å². The predicted octanol–water partition coefficient (Wildman–Crippen LogP) is 3.40. The van der Waals surface area contributed by atoms with Gasteiger partial charge in [-0.15, -0.1) is 0 Å². The van der Waals surface area contributed by atoms with Crippen molar-refractivity contribution in [2.75, 3.05) is 13.1 Å². The summed E-state index contributed by atoms with van der Waals surface area (Å²) in [6, 6.07) is 0.856. The number of hydrogen-bond donors (Lipinski definition) is 1. The summed E-state index contributed by atoms with van der Waals surface area (Å²) in [6.07, 6.45) is 8.64. The topological polar surface area (TPSA) is 29.3 Å². The molecule has 1 heterocycles. The summed E-state index contributed by atoms with van der Waals surface area (Å²) in [5, 5.41) is 0. The fourth-order valence-electron chi connectivity index (χ4n) is 3.64. The van der Waals surface area contributed by atoms with Gasteiger partial charge in [0.25, 0.3) is 0 Å². The molecule has 2 atom stereocenters. The van der Waals surface area contributed by atoms with Crippen LogP contribution in [0.15, 0.2) is 0 Å². The van der Waals surface area contributed by atoms with Crippen LogP contribution in [-0.2, 0) is 0 Å². The Balaban J connectivity index is 2.03. The van der Waals surface area contributed by atoms with Crippen LogP contribution in [0.3, 0.4) is 0 Å². The number of nitrogens with zero attached hydrogens (tertiary/aromatic N) is 1. The van der Waals surface area contributed by atoms with E-state index < -0.39 is 0 Å². The van der Waals surface area contributed by atoms with Gasteiger partial charge in [0.05, 0.1) is 0 Å². The maximum atomic E-state index is 6.37. The Kier molecular flexibility index (Phi) is 4.08. The van der Waals surface area contributed by atoms with Crippen LogP contribution in [0.25, 0.3) is 0 Å². The quantitative estimate of drug-likeness (QED) is 0.834. The first-order valence-electron chi connectivity index (χ1n) is 7.84. The Bertz CT molecular complexity index is 275.